The van der Waals surface area contributed by atoms with E-state index in [9.17, 15) is 8.42 Å². The van der Waals surface area contributed by atoms with Gasteiger partial charge in [-0.15, -0.1) is 0 Å². The van der Waals surface area contributed by atoms with Gasteiger partial charge in [0, 0.05) is 31.2 Å². The van der Waals surface area contributed by atoms with Gasteiger partial charge < -0.3 is 9.88 Å². The maximum atomic E-state index is 12.4. The number of sulfonamides is 1. The number of nitrogens with zero attached hydrogens (tertiary/aromatic N) is 2. The Kier molecular flexibility index (Phi) is 5.02. The Morgan fingerprint density at radius 3 is 2.81 bits per heavy atom. The summed E-state index contributed by atoms with van der Waals surface area (Å²) < 4.78 is 29.9. The number of nitrogens with one attached hydrogen (secondary N) is 2. The second-order valence-corrected chi connectivity index (χ2v) is 6.96. The Morgan fingerprint density at radius 2 is 2.19 bits per heavy atom. The first-order valence-corrected chi connectivity index (χ1v) is 8.72. The zero-order valence-corrected chi connectivity index (χ0v) is 14.2. The van der Waals surface area contributed by atoms with Crippen molar-refractivity contribution in [3.63, 3.8) is 0 Å². The van der Waals surface area contributed by atoms with E-state index in [0.29, 0.717) is 17.6 Å². The molecule has 6 nitrogen and oxygen atoms in total. The molecule has 0 aliphatic rings. The molecule has 21 heavy (non-hydrogen) atoms. The van der Waals surface area contributed by atoms with Crippen molar-refractivity contribution in [2.75, 3.05) is 11.8 Å². The third-order valence-corrected chi connectivity index (χ3v) is 4.91. The van der Waals surface area contributed by atoms with Crippen LogP contribution in [-0.4, -0.2) is 25.0 Å². The fourth-order valence-corrected chi connectivity index (χ4v) is 3.52. The van der Waals surface area contributed by atoms with Gasteiger partial charge in [0.05, 0.1) is 4.47 Å². The van der Waals surface area contributed by atoms with Gasteiger partial charge in [-0.05, 0) is 48.1 Å². The number of halogens is 1. The van der Waals surface area contributed by atoms with Crippen LogP contribution in [0, 0.1) is 0 Å². The second kappa shape index (κ2) is 6.59. The topological polar surface area (TPSA) is 76.0 Å². The van der Waals surface area contributed by atoms with Crippen molar-refractivity contribution in [1.82, 2.24) is 14.9 Å². The Morgan fingerprint density at radius 1 is 1.43 bits per heavy atom. The quantitative estimate of drug-likeness (QED) is 0.814. The van der Waals surface area contributed by atoms with Crippen LogP contribution in [0.3, 0.4) is 0 Å². The van der Waals surface area contributed by atoms with E-state index in [2.05, 4.69) is 31.0 Å². The average molecular weight is 373 g/mol. The van der Waals surface area contributed by atoms with Crippen molar-refractivity contribution in [1.29, 1.82) is 0 Å². The zero-order chi connectivity index (χ0) is 15.5. The largest absolute Gasteiger partial charge is 0.349 e. The molecule has 2 rings (SSSR count). The summed E-state index contributed by atoms with van der Waals surface area (Å²) in [7, 11) is -1.83. The van der Waals surface area contributed by atoms with Crippen molar-refractivity contribution in [3.05, 3.63) is 40.8 Å². The van der Waals surface area contributed by atoms with Crippen LogP contribution in [-0.2, 0) is 23.1 Å². The molecule has 0 unspecified atom stereocenters. The number of hydrogen-bond donors (Lipinski definition) is 2. The van der Waals surface area contributed by atoms with Gasteiger partial charge in [-0.1, -0.05) is 0 Å². The first-order valence-electron chi connectivity index (χ1n) is 6.45. The van der Waals surface area contributed by atoms with Crippen LogP contribution in [0.5, 0.6) is 0 Å². The van der Waals surface area contributed by atoms with E-state index in [1.807, 2.05) is 18.5 Å². The maximum absolute atomic E-state index is 12.4. The molecule has 0 atom stereocenters. The summed E-state index contributed by atoms with van der Waals surface area (Å²) in [6.45, 7) is 3.29. The minimum absolute atomic E-state index is 0.229. The highest BCUT2D eigenvalue weighted by atomic mass is 79.9. The molecular weight excluding hydrogens is 356 g/mol. The molecule has 0 saturated heterocycles. The Balaban J connectivity index is 2.34. The molecular formula is C13H17BrN4O2S. The molecule has 0 saturated carbocycles. The summed E-state index contributed by atoms with van der Waals surface area (Å²) in [5, 5.41) is 3.03. The van der Waals surface area contributed by atoms with Gasteiger partial charge >= 0.3 is 0 Å². The van der Waals surface area contributed by atoms with Crippen LogP contribution in [0.2, 0.25) is 0 Å². The van der Waals surface area contributed by atoms with E-state index in [1.54, 1.807) is 24.4 Å². The fourth-order valence-electron chi connectivity index (χ4n) is 1.94. The monoisotopic (exact) mass is 372 g/mol. The molecule has 0 fully saturated rings. The molecule has 0 bridgehead atoms. The van der Waals surface area contributed by atoms with Gasteiger partial charge in [-0.2, -0.15) is 0 Å². The lowest BCUT2D eigenvalue weighted by Gasteiger charge is -2.06. The third kappa shape index (κ3) is 3.63. The predicted molar refractivity (Wildman–Crippen MR) is 85.6 cm³/mol. The molecule has 0 radical (unpaired) electrons. The van der Waals surface area contributed by atoms with Gasteiger partial charge in [0.25, 0.3) is 10.0 Å². The van der Waals surface area contributed by atoms with Crippen LogP contribution in [0.1, 0.15) is 12.6 Å². The summed E-state index contributed by atoms with van der Waals surface area (Å²) in [6.07, 6.45) is 3.16. The highest BCUT2D eigenvalue weighted by Crippen LogP contribution is 2.23. The van der Waals surface area contributed by atoms with Crippen molar-refractivity contribution in [3.8, 4) is 0 Å². The smallest absolute Gasteiger partial charge is 0.264 e. The molecule has 0 amide bonds. The lowest BCUT2D eigenvalue weighted by Crippen LogP contribution is -2.13. The molecule has 2 aromatic rings. The van der Waals surface area contributed by atoms with Gasteiger partial charge in [0.15, 0.2) is 5.82 Å². The Bertz CT molecular complexity index is 728. The number of aromatic nitrogens is 2. The summed E-state index contributed by atoms with van der Waals surface area (Å²) in [6, 6.07) is 5.12. The molecule has 0 aliphatic carbocycles. The maximum Gasteiger partial charge on any atom is 0.264 e. The van der Waals surface area contributed by atoms with E-state index in [4.69, 9.17) is 0 Å². The first kappa shape index (κ1) is 16.0. The number of rotatable bonds is 6. The molecule has 0 spiro atoms. The summed E-state index contributed by atoms with van der Waals surface area (Å²) in [5.41, 5.74) is 0.917. The van der Waals surface area contributed by atoms with E-state index >= 15 is 0 Å². The van der Waals surface area contributed by atoms with Gasteiger partial charge in [-0.25, -0.2) is 13.4 Å². The number of aryl methyl sites for hydroxylation is 1. The molecule has 2 aromatic heterocycles. The number of pyridine rings is 1. The van der Waals surface area contributed by atoms with Gasteiger partial charge in [0.1, 0.15) is 4.90 Å². The SMILES string of the molecule is CCn1cc(S(=O)(=O)Nc2ncccc2Br)cc1CNC. The van der Waals surface area contributed by atoms with Crippen molar-refractivity contribution in [2.24, 2.45) is 0 Å². The number of anilines is 1. The lowest BCUT2D eigenvalue weighted by molar-refractivity contribution is 0.600. The van der Waals surface area contributed by atoms with Gasteiger partial charge in [-0.3, -0.25) is 4.72 Å². The molecule has 8 heteroatoms. The van der Waals surface area contributed by atoms with E-state index in [0.717, 1.165) is 5.69 Å². The van der Waals surface area contributed by atoms with Gasteiger partial charge in [0.2, 0.25) is 0 Å². The Labute approximate surface area is 132 Å². The van der Waals surface area contributed by atoms with E-state index in [1.165, 1.54) is 6.20 Å². The summed E-state index contributed by atoms with van der Waals surface area (Å²) in [5.74, 6) is 0.275. The molecule has 0 aromatic carbocycles. The molecule has 0 aliphatic heterocycles. The molecule has 2 heterocycles. The lowest BCUT2D eigenvalue weighted by atomic mass is 10.4. The van der Waals surface area contributed by atoms with Crippen LogP contribution < -0.4 is 10.0 Å². The minimum Gasteiger partial charge on any atom is -0.349 e. The van der Waals surface area contributed by atoms with Crippen LogP contribution >= 0.6 is 15.9 Å². The minimum atomic E-state index is -3.66. The third-order valence-electron chi connectivity index (χ3n) is 2.96. The second-order valence-electron chi connectivity index (χ2n) is 4.42. The van der Waals surface area contributed by atoms with E-state index in [-0.39, 0.29) is 10.7 Å². The molecule has 2 N–H and O–H groups in total. The van der Waals surface area contributed by atoms with Crippen molar-refractivity contribution in [2.45, 2.75) is 24.9 Å². The summed E-state index contributed by atoms with van der Waals surface area (Å²) >= 11 is 3.28. The highest BCUT2D eigenvalue weighted by molar-refractivity contribution is 9.10. The van der Waals surface area contributed by atoms with Crippen molar-refractivity contribution < 1.29 is 8.42 Å². The summed E-state index contributed by atoms with van der Waals surface area (Å²) in [4.78, 5) is 4.25. The fraction of sp³-hybridized carbons (Fsp3) is 0.308. The average Bonchev–Trinajstić information content (AvgIpc) is 2.86. The Hall–Kier alpha value is -1.38. The predicted octanol–water partition coefficient (Wildman–Crippen LogP) is 2.19. The number of hydrogen-bond acceptors (Lipinski definition) is 4. The normalized spacial score (nSPS) is 11.6. The van der Waals surface area contributed by atoms with E-state index < -0.39 is 10.0 Å². The van der Waals surface area contributed by atoms with Crippen LogP contribution in [0.25, 0.3) is 0 Å². The highest BCUT2D eigenvalue weighted by Gasteiger charge is 2.19. The zero-order valence-electron chi connectivity index (χ0n) is 11.8. The first-order chi connectivity index (χ1) is 9.97. The standard InChI is InChI=1S/C13H17BrN4O2S/c1-3-18-9-11(7-10(18)8-15-2)21(19,20)17-13-12(14)5-4-6-16-13/h4-7,9,15H,3,8H2,1-2H3,(H,16,17). The van der Waals surface area contributed by atoms with Crippen LogP contribution in [0.4, 0.5) is 5.82 Å². The molecule has 114 valence electrons. The van der Waals surface area contributed by atoms with Crippen molar-refractivity contribution >= 4 is 31.8 Å². The van der Waals surface area contributed by atoms with Crippen LogP contribution in [0.15, 0.2) is 40.0 Å².